The molecule has 0 saturated carbocycles. The van der Waals surface area contributed by atoms with Gasteiger partial charge in [0.2, 0.25) is 0 Å². The van der Waals surface area contributed by atoms with E-state index >= 15 is 0 Å². The Labute approximate surface area is 164 Å². The Morgan fingerprint density at radius 3 is 2.30 bits per heavy atom. The van der Waals surface area contributed by atoms with Crippen LogP contribution < -0.4 is 5.32 Å². The number of benzene rings is 2. The van der Waals surface area contributed by atoms with Gasteiger partial charge >= 0.3 is 0 Å². The molecule has 0 aliphatic rings. The first-order valence-electron chi connectivity index (χ1n) is 9.27. The van der Waals surface area contributed by atoms with Gasteiger partial charge in [0.25, 0.3) is 0 Å². The van der Waals surface area contributed by atoms with Crippen LogP contribution >= 0.6 is 11.3 Å². The molecule has 0 radical (unpaired) electrons. The highest BCUT2D eigenvalue weighted by atomic mass is 32.1. The lowest BCUT2D eigenvalue weighted by Crippen LogP contribution is -2.08. The van der Waals surface area contributed by atoms with Gasteiger partial charge in [-0.3, -0.25) is 0 Å². The monoisotopic (exact) mass is 373 g/mol. The molecule has 2 heterocycles. The number of rotatable bonds is 5. The minimum atomic E-state index is 0.167. The van der Waals surface area contributed by atoms with Crippen LogP contribution in [0.1, 0.15) is 43.9 Å². The summed E-state index contributed by atoms with van der Waals surface area (Å²) in [6, 6.07) is 19.4. The average molecular weight is 374 g/mol. The number of fused-ring (bicyclic) bond motifs is 1. The van der Waals surface area contributed by atoms with E-state index in [0.717, 1.165) is 16.0 Å². The summed E-state index contributed by atoms with van der Waals surface area (Å²) < 4.78 is 0. The third kappa shape index (κ3) is 3.58. The molecule has 0 fully saturated rings. The van der Waals surface area contributed by atoms with E-state index in [-0.39, 0.29) is 6.04 Å². The average Bonchev–Trinajstić information content (AvgIpc) is 3.14. The summed E-state index contributed by atoms with van der Waals surface area (Å²) in [4.78, 5) is 10.1. The Balaban J connectivity index is 1.73. The molecule has 4 rings (SSSR count). The largest absolute Gasteiger partial charge is 0.363 e. The van der Waals surface area contributed by atoms with E-state index in [2.05, 4.69) is 90.0 Å². The summed E-state index contributed by atoms with van der Waals surface area (Å²) in [6.45, 7) is 6.60. The van der Waals surface area contributed by atoms with Crippen molar-refractivity contribution in [1.29, 1.82) is 0 Å². The molecule has 0 aliphatic carbocycles. The molecule has 1 atom stereocenters. The van der Waals surface area contributed by atoms with Gasteiger partial charge in [0.05, 0.1) is 5.39 Å². The second-order valence-corrected chi connectivity index (χ2v) is 7.96. The van der Waals surface area contributed by atoms with Crippen molar-refractivity contribution in [2.75, 3.05) is 5.32 Å². The molecule has 0 saturated heterocycles. The zero-order chi connectivity index (χ0) is 18.8. The fourth-order valence-electron chi connectivity index (χ4n) is 3.27. The number of hydrogen-bond donors (Lipinski definition) is 1. The molecule has 4 aromatic rings. The van der Waals surface area contributed by atoms with E-state index in [1.54, 1.807) is 17.7 Å². The molecule has 1 unspecified atom stereocenters. The van der Waals surface area contributed by atoms with Crippen molar-refractivity contribution in [3.63, 3.8) is 0 Å². The number of anilines is 1. The maximum absolute atomic E-state index is 4.56. The minimum Gasteiger partial charge on any atom is -0.363 e. The Kier molecular flexibility index (Phi) is 4.90. The van der Waals surface area contributed by atoms with Crippen LogP contribution in [0, 0.1) is 0 Å². The predicted molar refractivity (Wildman–Crippen MR) is 115 cm³/mol. The Hall–Kier alpha value is -2.72. The van der Waals surface area contributed by atoms with Crippen molar-refractivity contribution >= 4 is 27.4 Å². The van der Waals surface area contributed by atoms with Crippen molar-refractivity contribution in [2.24, 2.45) is 0 Å². The smallest absolute Gasteiger partial charge is 0.139 e. The first-order valence-corrected chi connectivity index (χ1v) is 10.2. The van der Waals surface area contributed by atoms with Crippen LogP contribution in [0.3, 0.4) is 0 Å². The summed E-state index contributed by atoms with van der Waals surface area (Å²) in [5.41, 5.74) is 4.98. The summed E-state index contributed by atoms with van der Waals surface area (Å²) in [6.07, 6.45) is 1.64. The molecule has 27 heavy (non-hydrogen) atoms. The second kappa shape index (κ2) is 7.49. The maximum Gasteiger partial charge on any atom is 0.139 e. The van der Waals surface area contributed by atoms with Gasteiger partial charge in [0, 0.05) is 17.0 Å². The van der Waals surface area contributed by atoms with Crippen molar-refractivity contribution in [1.82, 2.24) is 9.97 Å². The molecule has 0 amide bonds. The maximum atomic E-state index is 4.56. The van der Waals surface area contributed by atoms with Gasteiger partial charge < -0.3 is 5.32 Å². The highest BCUT2D eigenvalue weighted by Gasteiger charge is 2.15. The van der Waals surface area contributed by atoms with Crippen LogP contribution in [0.15, 0.2) is 66.3 Å². The number of nitrogens with one attached hydrogen (secondary N) is 1. The standard InChI is InChI=1S/C23H23N3S/c1-15(2)17-9-11-19(12-10-17)20-13-27-23-21(20)22(24-14-25-23)26-16(3)18-7-5-4-6-8-18/h4-16H,1-3H3,(H,24,25,26). The fourth-order valence-corrected chi connectivity index (χ4v) is 4.19. The van der Waals surface area contributed by atoms with E-state index in [4.69, 9.17) is 0 Å². The Morgan fingerprint density at radius 1 is 0.852 bits per heavy atom. The van der Waals surface area contributed by atoms with Gasteiger partial charge in [-0.15, -0.1) is 11.3 Å². The quantitative estimate of drug-likeness (QED) is 0.425. The van der Waals surface area contributed by atoms with E-state index in [1.807, 2.05) is 6.07 Å². The topological polar surface area (TPSA) is 37.8 Å². The van der Waals surface area contributed by atoms with Crippen molar-refractivity contribution in [3.8, 4) is 11.1 Å². The second-order valence-electron chi connectivity index (χ2n) is 7.11. The molecule has 0 aliphatic heterocycles. The third-order valence-corrected chi connectivity index (χ3v) is 5.80. The van der Waals surface area contributed by atoms with Gasteiger partial charge in [-0.25, -0.2) is 9.97 Å². The van der Waals surface area contributed by atoms with Crippen LogP contribution in [0.4, 0.5) is 5.82 Å². The lowest BCUT2D eigenvalue weighted by atomic mass is 9.99. The van der Waals surface area contributed by atoms with Crippen molar-refractivity contribution in [3.05, 3.63) is 77.4 Å². The SMILES string of the molecule is CC(C)c1ccc(-c2csc3ncnc(NC(C)c4ccccc4)c23)cc1. The zero-order valence-electron chi connectivity index (χ0n) is 15.8. The molecule has 0 bridgehead atoms. The highest BCUT2D eigenvalue weighted by Crippen LogP contribution is 2.37. The Bertz CT molecular complexity index is 1040. The van der Waals surface area contributed by atoms with Gasteiger partial charge in [0.15, 0.2) is 0 Å². The molecule has 2 aromatic carbocycles. The minimum absolute atomic E-state index is 0.167. The molecular weight excluding hydrogens is 350 g/mol. The van der Waals surface area contributed by atoms with E-state index < -0.39 is 0 Å². The lowest BCUT2D eigenvalue weighted by Gasteiger charge is -2.16. The van der Waals surface area contributed by atoms with Crippen molar-refractivity contribution < 1.29 is 0 Å². The lowest BCUT2D eigenvalue weighted by molar-refractivity contribution is 0.867. The fraction of sp³-hybridized carbons (Fsp3) is 0.217. The van der Waals surface area contributed by atoms with Crippen LogP contribution in [-0.4, -0.2) is 9.97 Å². The van der Waals surface area contributed by atoms with Crippen LogP contribution in [0.2, 0.25) is 0 Å². The number of aromatic nitrogens is 2. The van der Waals surface area contributed by atoms with Crippen LogP contribution in [0.25, 0.3) is 21.3 Å². The third-order valence-electron chi connectivity index (χ3n) is 4.91. The first-order chi connectivity index (χ1) is 13.1. The summed E-state index contributed by atoms with van der Waals surface area (Å²) >= 11 is 1.67. The zero-order valence-corrected chi connectivity index (χ0v) is 16.6. The first kappa shape index (κ1) is 17.7. The van der Waals surface area contributed by atoms with E-state index in [0.29, 0.717) is 5.92 Å². The normalized spacial score (nSPS) is 12.4. The molecular formula is C23H23N3S. The molecule has 4 heteroatoms. The van der Waals surface area contributed by atoms with Gasteiger partial charge in [-0.1, -0.05) is 68.4 Å². The summed E-state index contributed by atoms with van der Waals surface area (Å²) in [5.74, 6) is 1.42. The molecule has 2 aromatic heterocycles. The number of hydrogen-bond acceptors (Lipinski definition) is 4. The molecule has 136 valence electrons. The van der Waals surface area contributed by atoms with Crippen LogP contribution in [-0.2, 0) is 0 Å². The highest BCUT2D eigenvalue weighted by molar-refractivity contribution is 7.17. The molecule has 1 N–H and O–H groups in total. The van der Waals surface area contributed by atoms with Gasteiger partial charge in [-0.05, 0) is 29.5 Å². The predicted octanol–water partition coefficient (Wildman–Crippen LogP) is 6.65. The number of nitrogens with zero attached hydrogens (tertiary/aromatic N) is 2. The number of thiophene rings is 1. The van der Waals surface area contributed by atoms with Gasteiger partial charge in [-0.2, -0.15) is 0 Å². The van der Waals surface area contributed by atoms with E-state index in [9.17, 15) is 0 Å². The van der Waals surface area contributed by atoms with Crippen molar-refractivity contribution in [2.45, 2.75) is 32.7 Å². The summed E-state index contributed by atoms with van der Waals surface area (Å²) in [5, 5.41) is 6.86. The van der Waals surface area contributed by atoms with E-state index in [1.165, 1.54) is 22.3 Å². The van der Waals surface area contributed by atoms with Gasteiger partial charge in [0.1, 0.15) is 17.0 Å². The summed E-state index contributed by atoms with van der Waals surface area (Å²) in [7, 11) is 0. The molecule has 0 spiro atoms. The van der Waals surface area contributed by atoms with Crippen LogP contribution in [0.5, 0.6) is 0 Å². The Morgan fingerprint density at radius 2 is 1.59 bits per heavy atom. The molecule has 3 nitrogen and oxygen atoms in total.